The molecule has 0 spiro atoms. The van der Waals surface area contributed by atoms with Crippen LogP contribution in [0.3, 0.4) is 0 Å². The van der Waals surface area contributed by atoms with Crippen molar-refractivity contribution in [1.29, 1.82) is 0 Å². The number of rotatable bonds is 10. The van der Waals surface area contributed by atoms with Crippen LogP contribution in [0, 0.1) is 16.7 Å². The van der Waals surface area contributed by atoms with E-state index in [1.807, 2.05) is 0 Å². The zero-order valence-electron chi connectivity index (χ0n) is 35.6. The maximum atomic E-state index is 15.5. The number of carbonyl (C=O) groups is 6. The minimum Gasteiger partial charge on any atom is -0.456 e. The molecule has 63 heavy (non-hydrogen) atoms. The summed E-state index contributed by atoms with van der Waals surface area (Å²) in [4.78, 5) is 83.7. The number of aliphatic hydroxyl groups excluding tert-OH is 2. The topological polar surface area (TPSA) is 231 Å². The van der Waals surface area contributed by atoms with Gasteiger partial charge in [0.15, 0.2) is 23.6 Å². The number of hydrogen-bond acceptors (Lipinski definition) is 15. The van der Waals surface area contributed by atoms with Gasteiger partial charge in [0.05, 0.1) is 42.8 Å². The number of amides is 1. The van der Waals surface area contributed by atoms with Crippen LogP contribution in [-0.4, -0.2) is 113 Å². The lowest BCUT2D eigenvalue weighted by atomic mass is 9.44. The third-order valence-electron chi connectivity index (χ3n) is 13.6. The molecule has 2 saturated carbocycles. The molecule has 0 aromatic heterocycles. The fraction of sp³-hybridized carbons (Fsp3) is 0.447. The quantitative estimate of drug-likeness (QED) is 0.128. The lowest BCUT2D eigenvalue weighted by Gasteiger charge is -2.67. The van der Waals surface area contributed by atoms with Gasteiger partial charge >= 0.3 is 24.1 Å². The first-order chi connectivity index (χ1) is 29.8. The van der Waals surface area contributed by atoms with E-state index < -0.39 is 113 Å². The zero-order valence-corrected chi connectivity index (χ0v) is 35.6. The molecule has 1 amide bonds. The highest BCUT2D eigenvalue weighted by Crippen LogP contribution is 2.64. The molecule has 4 N–H and O–H groups in total. The van der Waals surface area contributed by atoms with Gasteiger partial charge in [-0.3, -0.25) is 14.4 Å². The van der Waals surface area contributed by atoms with Crippen LogP contribution in [0.5, 0.6) is 0 Å². The molecule has 3 fully saturated rings. The predicted molar refractivity (Wildman–Crippen MR) is 219 cm³/mol. The van der Waals surface area contributed by atoms with Gasteiger partial charge in [-0.05, 0) is 54.8 Å². The number of fused-ring (bicyclic) bond motifs is 5. The number of nitrogens with one attached hydrogen (secondary N) is 1. The minimum absolute atomic E-state index is 0.0247. The van der Waals surface area contributed by atoms with E-state index in [0.717, 1.165) is 14.0 Å². The Morgan fingerprint density at radius 2 is 1.44 bits per heavy atom. The van der Waals surface area contributed by atoms with Crippen molar-refractivity contribution in [2.75, 3.05) is 13.7 Å². The molecule has 1 aliphatic heterocycles. The predicted octanol–water partition coefficient (Wildman–Crippen LogP) is 3.96. The highest BCUT2D eigenvalue weighted by atomic mass is 16.8. The molecule has 3 aromatic rings. The molecule has 334 valence electrons. The fourth-order valence-corrected chi connectivity index (χ4v) is 10.1. The molecule has 2 bridgehead atoms. The molecular formula is C47H51NO15. The number of hydrogen-bond donors (Lipinski definition) is 4. The normalized spacial score (nSPS) is 31.5. The van der Waals surface area contributed by atoms with Gasteiger partial charge < -0.3 is 49.1 Å². The van der Waals surface area contributed by atoms with Gasteiger partial charge in [-0.2, -0.15) is 0 Å². The van der Waals surface area contributed by atoms with Gasteiger partial charge in [0.1, 0.15) is 23.9 Å². The van der Waals surface area contributed by atoms with Crippen LogP contribution in [0.4, 0.5) is 4.79 Å². The van der Waals surface area contributed by atoms with E-state index in [4.69, 9.17) is 28.4 Å². The molecule has 3 aromatic carbocycles. The van der Waals surface area contributed by atoms with Crippen LogP contribution in [0.15, 0.2) is 102 Å². The number of Topliss-reactive ketones (excluding diaryl/α,β-unsaturated/α-hetero) is 1. The lowest BCUT2D eigenvalue weighted by Crippen LogP contribution is -2.82. The maximum absolute atomic E-state index is 15.5. The van der Waals surface area contributed by atoms with Gasteiger partial charge in [0.25, 0.3) is 5.91 Å². The van der Waals surface area contributed by atoms with E-state index in [1.54, 1.807) is 92.7 Å². The third kappa shape index (κ3) is 7.58. The van der Waals surface area contributed by atoms with Gasteiger partial charge in [-0.1, -0.05) is 80.6 Å². The van der Waals surface area contributed by atoms with Crippen LogP contribution in [-0.2, 0) is 42.8 Å². The first kappa shape index (κ1) is 45.1. The number of benzene rings is 3. The summed E-state index contributed by atoms with van der Waals surface area (Å²) < 4.78 is 35.1. The monoisotopic (exact) mass is 869 g/mol. The molecule has 16 heteroatoms. The second-order valence-corrected chi connectivity index (χ2v) is 17.3. The molecule has 1 unspecified atom stereocenters. The summed E-state index contributed by atoms with van der Waals surface area (Å²) >= 11 is 0. The van der Waals surface area contributed by atoms with E-state index in [9.17, 15) is 39.3 Å². The molecule has 1 saturated heterocycles. The molecule has 3 aliphatic carbocycles. The smallest absolute Gasteiger partial charge is 0.456 e. The summed E-state index contributed by atoms with van der Waals surface area (Å²) in [5.74, 6) is -6.24. The van der Waals surface area contributed by atoms with Crippen LogP contribution < -0.4 is 5.32 Å². The summed E-state index contributed by atoms with van der Waals surface area (Å²) in [5.41, 5.74) is -7.35. The molecular weight excluding hydrogens is 819 g/mol. The number of carbonyl (C=O) groups excluding carboxylic acids is 6. The standard InChI is InChI=1S/C47H51NO15/c1-25-30(61-42(55)35(51)34(27-16-10-7-11-17-27)48-40(53)28-18-12-8-13-19-28)23-47(57)39(62-41(54)29-20-14-9-15-21-29)37-45(5,38(52)36(60-26(2)49)33(25)44(47,3)4)31(50)22-32-46(37,24-59-32)63-43(56)58-6/h7-21,30-32,34-37,39,50-51,57H,22-24H2,1-6H3,(H,48,53)/t30-,31-,32?,34-,35+,36+,37-,39-,45+,46-,47+/m0/s1. The van der Waals surface area contributed by atoms with Crippen LogP contribution in [0.1, 0.15) is 79.8 Å². The fourth-order valence-electron chi connectivity index (χ4n) is 10.1. The number of ketones is 1. The zero-order chi connectivity index (χ0) is 45.6. The Hall–Kier alpha value is -5.94. The SMILES string of the molecule is COC(=O)O[C@@]12COC1C[C@H](O)[C@@]1(C)C(=O)[C@H](OC(C)=O)C3=C(C)[C@@H](OC(=O)[C@H](O)[C@@H](NC(=O)c4ccccc4)c4ccccc4)C[C@@](O)([C@@H](OC(=O)c4ccccc4)[C@@H]12)C3(C)C. The van der Waals surface area contributed by atoms with E-state index in [0.29, 0.717) is 5.56 Å². The van der Waals surface area contributed by atoms with Gasteiger partial charge in [0.2, 0.25) is 0 Å². The minimum atomic E-state index is -2.43. The number of methoxy groups -OCH3 is 1. The van der Waals surface area contributed by atoms with Crippen LogP contribution >= 0.6 is 0 Å². The second-order valence-electron chi connectivity index (χ2n) is 17.3. The van der Waals surface area contributed by atoms with Crippen molar-refractivity contribution in [2.24, 2.45) is 16.7 Å². The van der Waals surface area contributed by atoms with Crippen molar-refractivity contribution < 1.29 is 72.5 Å². The summed E-state index contributed by atoms with van der Waals surface area (Å²) in [6, 6.07) is 22.8. The highest BCUT2D eigenvalue weighted by Gasteiger charge is 2.78. The number of esters is 3. The van der Waals surface area contributed by atoms with Gasteiger partial charge in [0, 0.05) is 30.7 Å². The Bertz CT molecular complexity index is 2300. The van der Waals surface area contributed by atoms with E-state index in [1.165, 1.54) is 26.0 Å². The molecule has 4 aliphatic rings. The Kier molecular flexibility index (Phi) is 12.2. The molecule has 0 radical (unpaired) electrons. The highest BCUT2D eigenvalue weighted by molar-refractivity contribution is 5.96. The van der Waals surface area contributed by atoms with Crippen molar-refractivity contribution in [3.8, 4) is 0 Å². The average molecular weight is 870 g/mol. The first-order valence-corrected chi connectivity index (χ1v) is 20.6. The van der Waals surface area contributed by atoms with Gasteiger partial charge in [-0.25, -0.2) is 14.4 Å². The summed E-state index contributed by atoms with van der Waals surface area (Å²) in [7, 11) is 1.07. The van der Waals surface area contributed by atoms with Crippen molar-refractivity contribution in [3.63, 3.8) is 0 Å². The maximum Gasteiger partial charge on any atom is 0.508 e. The summed E-state index contributed by atoms with van der Waals surface area (Å²) in [6.07, 6.45) is -12.0. The molecule has 1 heterocycles. The average Bonchev–Trinajstić information content (AvgIpc) is 3.26. The Morgan fingerprint density at radius 1 is 0.857 bits per heavy atom. The summed E-state index contributed by atoms with van der Waals surface area (Å²) in [5, 5.41) is 40.3. The van der Waals surface area contributed by atoms with E-state index >= 15 is 4.79 Å². The van der Waals surface area contributed by atoms with Crippen molar-refractivity contribution in [3.05, 3.63) is 119 Å². The Labute approximate surface area is 363 Å². The van der Waals surface area contributed by atoms with Gasteiger partial charge in [-0.15, -0.1) is 0 Å². The molecule has 7 rings (SSSR count). The molecule has 11 atom stereocenters. The number of aliphatic hydroxyl groups is 3. The van der Waals surface area contributed by atoms with Crippen molar-refractivity contribution >= 4 is 35.8 Å². The van der Waals surface area contributed by atoms with Crippen molar-refractivity contribution in [2.45, 2.75) is 101 Å². The first-order valence-electron chi connectivity index (χ1n) is 20.6. The van der Waals surface area contributed by atoms with Crippen molar-refractivity contribution in [1.82, 2.24) is 5.32 Å². The third-order valence-corrected chi connectivity index (χ3v) is 13.6. The van der Waals surface area contributed by atoms with E-state index in [-0.39, 0.29) is 35.3 Å². The second kappa shape index (κ2) is 17.0. The van der Waals surface area contributed by atoms with E-state index in [2.05, 4.69) is 5.32 Å². The summed E-state index contributed by atoms with van der Waals surface area (Å²) in [6.45, 7) is 6.66. The largest absolute Gasteiger partial charge is 0.508 e. The molecule has 16 nitrogen and oxygen atoms in total. The van der Waals surface area contributed by atoms with Crippen LogP contribution in [0.25, 0.3) is 0 Å². The lowest BCUT2D eigenvalue weighted by molar-refractivity contribution is -0.344. The Morgan fingerprint density at radius 3 is 2.00 bits per heavy atom. The Balaban J connectivity index is 1.39. The van der Waals surface area contributed by atoms with Crippen LogP contribution in [0.2, 0.25) is 0 Å². The number of ether oxygens (including phenoxy) is 6.